The van der Waals surface area contributed by atoms with Gasteiger partial charge in [0.25, 0.3) is 0 Å². The summed E-state index contributed by atoms with van der Waals surface area (Å²) in [6.45, 7) is 2.59. The number of nitrogens with zero attached hydrogens (tertiary/aromatic N) is 2. The molecule has 2 unspecified atom stereocenters. The van der Waals surface area contributed by atoms with Crippen molar-refractivity contribution in [2.45, 2.75) is 19.4 Å². The Balaban J connectivity index is 2.77. The van der Waals surface area contributed by atoms with E-state index in [-0.39, 0.29) is 31.7 Å². The number of urea groups is 1. The van der Waals surface area contributed by atoms with Gasteiger partial charge in [0, 0.05) is 20.6 Å². The number of nitrogens with one attached hydrogen (secondary N) is 1. The van der Waals surface area contributed by atoms with Crippen molar-refractivity contribution in [3.05, 3.63) is 0 Å². The number of carboxylic acid groups (broad SMARTS) is 1. The predicted molar refractivity (Wildman–Crippen MR) is 74.8 cm³/mol. The molecule has 3 amide bonds. The highest BCUT2D eigenvalue weighted by Gasteiger charge is 2.39. The van der Waals surface area contributed by atoms with Crippen molar-refractivity contribution in [2.75, 3.05) is 40.4 Å². The molecule has 0 saturated carbocycles. The van der Waals surface area contributed by atoms with Crippen molar-refractivity contribution < 1.29 is 24.2 Å². The molecule has 0 radical (unpaired) electrons. The first-order chi connectivity index (χ1) is 9.92. The first-order valence-electron chi connectivity index (χ1n) is 6.95. The van der Waals surface area contributed by atoms with Crippen LogP contribution in [0.2, 0.25) is 0 Å². The van der Waals surface area contributed by atoms with Gasteiger partial charge < -0.3 is 25.0 Å². The summed E-state index contributed by atoms with van der Waals surface area (Å²) in [6.07, 6.45) is 0.708. The molecule has 0 aromatic heterocycles. The maximum atomic E-state index is 12.5. The van der Waals surface area contributed by atoms with E-state index >= 15 is 0 Å². The van der Waals surface area contributed by atoms with Crippen molar-refractivity contribution in [1.29, 1.82) is 0 Å². The number of hydrogen-bond donors (Lipinski definition) is 2. The van der Waals surface area contributed by atoms with Crippen LogP contribution < -0.4 is 5.32 Å². The molecular weight excluding hydrogens is 278 g/mol. The molecule has 120 valence electrons. The molecule has 1 rings (SSSR count). The summed E-state index contributed by atoms with van der Waals surface area (Å²) in [4.78, 5) is 37.9. The number of carbonyl (C=O) groups is 3. The molecule has 2 atom stereocenters. The summed E-state index contributed by atoms with van der Waals surface area (Å²) in [5, 5.41) is 11.6. The highest BCUT2D eigenvalue weighted by atomic mass is 16.5. The average Bonchev–Trinajstić information content (AvgIpc) is 2.94. The van der Waals surface area contributed by atoms with Crippen LogP contribution in [-0.4, -0.2) is 79.3 Å². The lowest BCUT2D eigenvalue weighted by molar-refractivity contribution is -0.142. The van der Waals surface area contributed by atoms with E-state index in [4.69, 9.17) is 9.84 Å². The van der Waals surface area contributed by atoms with Crippen LogP contribution in [0.15, 0.2) is 0 Å². The van der Waals surface area contributed by atoms with Gasteiger partial charge >= 0.3 is 12.0 Å². The summed E-state index contributed by atoms with van der Waals surface area (Å²) < 4.78 is 5.17. The van der Waals surface area contributed by atoms with Crippen LogP contribution in [-0.2, 0) is 14.3 Å². The van der Waals surface area contributed by atoms with Crippen molar-refractivity contribution in [3.8, 4) is 0 Å². The minimum absolute atomic E-state index is 0.0428. The maximum absolute atomic E-state index is 12.5. The third kappa shape index (κ3) is 4.32. The number of rotatable bonds is 6. The van der Waals surface area contributed by atoms with Gasteiger partial charge in [0.1, 0.15) is 12.5 Å². The minimum Gasteiger partial charge on any atom is -0.481 e. The number of ether oxygens (including phenoxy) is 1. The van der Waals surface area contributed by atoms with Crippen LogP contribution in [0.5, 0.6) is 0 Å². The molecule has 1 aliphatic rings. The number of aliphatic carboxylic acids is 1. The molecule has 1 aliphatic heterocycles. The maximum Gasteiger partial charge on any atom is 0.320 e. The quantitative estimate of drug-likeness (QED) is 0.695. The van der Waals surface area contributed by atoms with E-state index in [1.165, 1.54) is 16.8 Å². The van der Waals surface area contributed by atoms with Crippen LogP contribution in [0.4, 0.5) is 4.79 Å². The van der Waals surface area contributed by atoms with Crippen LogP contribution in [0.25, 0.3) is 0 Å². The smallest absolute Gasteiger partial charge is 0.320 e. The number of hydrogen-bond acceptors (Lipinski definition) is 4. The second kappa shape index (κ2) is 7.82. The van der Waals surface area contributed by atoms with Crippen LogP contribution in [0, 0.1) is 5.92 Å². The lowest BCUT2D eigenvalue weighted by atomic mass is 10.0. The van der Waals surface area contributed by atoms with E-state index in [1.807, 2.05) is 6.92 Å². The molecule has 0 bridgehead atoms. The Morgan fingerprint density at radius 1 is 1.33 bits per heavy atom. The molecule has 8 heteroatoms. The zero-order valence-corrected chi connectivity index (χ0v) is 12.7. The molecule has 21 heavy (non-hydrogen) atoms. The van der Waals surface area contributed by atoms with E-state index in [0.717, 1.165) is 0 Å². The first kappa shape index (κ1) is 17.2. The Bertz CT molecular complexity index is 401. The third-order valence-corrected chi connectivity index (χ3v) is 3.54. The molecular formula is C13H23N3O5. The summed E-state index contributed by atoms with van der Waals surface area (Å²) in [5.41, 5.74) is 0. The van der Waals surface area contributed by atoms with Crippen molar-refractivity contribution in [1.82, 2.24) is 15.1 Å². The number of likely N-dealkylation sites (N-methyl/N-ethyl adjacent to an activating group) is 2. The Labute approximate surface area is 124 Å². The fourth-order valence-corrected chi connectivity index (χ4v) is 2.29. The zero-order chi connectivity index (χ0) is 16.0. The monoisotopic (exact) mass is 301 g/mol. The van der Waals surface area contributed by atoms with Crippen molar-refractivity contribution in [2.24, 2.45) is 5.92 Å². The number of carboxylic acids is 1. The van der Waals surface area contributed by atoms with Crippen LogP contribution >= 0.6 is 0 Å². The first-order valence-corrected chi connectivity index (χ1v) is 6.95. The Morgan fingerprint density at radius 2 is 2.00 bits per heavy atom. The molecule has 1 saturated heterocycles. The molecule has 0 spiro atoms. The molecule has 0 aliphatic carbocycles. The topological polar surface area (TPSA) is 99.2 Å². The molecule has 2 N–H and O–H groups in total. The lowest BCUT2D eigenvalue weighted by Gasteiger charge is -2.32. The van der Waals surface area contributed by atoms with Crippen LogP contribution in [0.3, 0.4) is 0 Å². The summed E-state index contributed by atoms with van der Waals surface area (Å²) in [7, 11) is 3.05. The highest BCUT2D eigenvalue weighted by Crippen LogP contribution is 2.20. The molecule has 1 heterocycles. The Hall–Kier alpha value is -1.83. The second-order valence-electron chi connectivity index (χ2n) is 5.04. The van der Waals surface area contributed by atoms with Gasteiger partial charge in [0.2, 0.25) is 5.91 Å². The van der Waals surface area contributed by atoms with E-state index in [9.17, 15) is 14.4 Å². The average molecular weight is 301 g/mol. The SMILES string of the molecule is CCCN(CC(=O)NC)C(=O)N(C)C1COCC1C(=O)O. The Morgan fingerprint density at radius 3 is 2.52 bits per heavy atom. The second-order valence-corrected chi connectivity index (χ2v) is 5.04. The van der Waals surface area contributed by atoms with Gasteiger partial charge in [-0.15, -0.1) is 0 Å². The van der Waals surface area contributed by atoms with Gasteiger partial charge in [0.15, 0.2) is 0 Å². The van der Waals surface area contributed by atoms with E-state index in [1.54, 1.807) is 7.05 Å². The highest BCUT2D eigenvalue weighted by molar-refractivity contribution is 5.84. The van der Waals surface area contributed by atoms with Crippen molar-refractivity contribution in [3.63, 3.8) is 0 Å². The minimum atomic E-state index is -0.981. The largest absolute Gasteiger partial charge is 0.481 e. The normalized spacial score (nSPS) is 20.9. The van der Waals surface area contributed by atoms with E-state index < -0.39 is 17.9 Å². The molecule has 8 nitrogen and oxygen atoms in total. The zero-order valence-electron chi connectivity index (χ0n) is 12.7. The summed E-state index contributed by atoms with van der Waals surface area (Å²) in [6, 6.07) is -0.874. The number of carbonyl (C=O) groups excluding carboxylic acids is 2. The van der Waals surface area contributed by atoms with Gasteiger partial charge in [0.05, 0.1) is 19.3 Å². The van der Waals surface area contributed by atoms with E-state index in [2.05, 4.69) is 5.32 Å². The molecule has 1 fully saturated rings. The van der Waals surface area contributed by atoms with Gasteiger partial charge in [-0.05, 0) is 6.42 Å². The Kier molecular flexibility index (Phi) is 6.41. The van der Waals surface area contributed by atoms with Gasteiger partial charge in [-0.1, -0.05) is 6.92 Å². The third-order valence-electron chi connectivity index (χ3n) is 3.54. The van der Waals surface area contributed by atoms with E-state index in [0.29, 0.717) is 13.0 Å². The predicted octanol–water partition coefficient (Wildman–Crippen LogP) is -0.404. The number of amides is 3. The fourth-order valence-electron chi connectivity index (χ4n) is 2.29. The summed E-state index contributed by atoms with van der Waals surface area (Å²) >= 11 is 0. The standard InChI is InChI=1S/C13H23N3O5/c1-4-5-16(6-11(17)14-2)13(20)15(3)10-8-21-7-9(10)12(18)19/h9-10H,4-8H2,1-3H3,(H,14,17)(H,18,19). The summed E-state index contributed by atoms with van der Waals surface area (Å²) in [5.74, 6) is -1.98. The van der Waals surface area contributed by atoms with Gasteiger partial charge in [-0.2, -0.15) is 0 Å². The van der Waals surface area contributed by atoms with Crippen LogP contribution in [0.1, 0.15) is 13.3 Å². The van der Waals surface area contributed by atoms with Gasteiger partial charge in [-0.3, -0.25) is 9.59 Å². The molecule has 0 aromatic carbocycles. The molecule has 0 aromatic rings. The van der Waals surface area contributed by atoms with Gasteiger partial charge in [-0.25, -0.2) is 4.79 Å². The lowest BCUT2D eigenvalue weighted by Crippen LogP contribution is -2.52. The fraction of sp³-hybridized carbons (Fsp3) is 0.769. The van der Waals surface area contributed by atoms with Crippen molar-refractivity contribution >= 4 is 17.9 Å².